The normalized spacial score (nSPS) is 23.4. The molecule has 1 saturated heterocycles. The van der Waals surface area contributed by atoms with E-state index in [9.17, 15) is 9.59 Å². The molecule has 0 spiro atoms. The molecule has 1 aromatic carbocycles. The molecule has 0 aromatic heterocycles. The maximum atomic E-state index is 12.5. The Morgan fingerprint density at radius 3 is 2.57 bits per heavy atom. The molecule has 7 heteroatoms. The fraction of sp³-hybridized carbons (Fsp3) is 0.143. The van der Waals surface area contributed by atoms with Crippen molar-refractivity contribution in [3.8, 4) is 0 Å². The second-order valence-corrected chi connectivity index (χ2v) is 5.10. The topological polar surface area (TPSA) is 73.8 Å². The quantitative estimate of drug-likeness (QED) is 0.629. The number of carbonyl (C=O) groups is 2. The van der Waals surface area contributed by atoms with Gasteiger partial charge in [-0.15, -0.1) is 0 Å². The zero-order chi connectivity index (χ0) is 15.0. The van der Waals surface area contributed by atoms with Crippen LogP contribution in [-0.2, 0) is 9.59 Å². The lowest BCUT2D eigenvalue weighted by Gasteiger charge is -2.12. The van der Waals surface area contributed by atoms with Gasteiger partial charge in [0.2, 0.25) is 0 Å². The average Bonchev–Trinajstić information content (AvgIpc) is 2.93. The molecule has 1 atom stereocenters. The van der Waals surface area contributed by atoms with E-state index in [1.165, 1.54) is 5.01 Å². The number of thiocarbonyl (C=S) groups is 1. The number of amides is 2. The second kappa shape index (κ2) is 5.10. The predicted octanol–water partition coefficient (Wildman–Crippen LogP) is 0.913. The Kier molecular flexibility index (Phi) is 3.26. The van der Waals surface area contributed by atoms with Crippen molar-refractivity contribution in [2.24, 2.45) is 11.0 Å². The third-order valence-electron chi connectivity index (χ3n) is 3.24. The Morgan fingerprint density at radius 2 is 1.95 bits per heavy atom. The first-order chi connectivity index (χ1) is 10.1. The van der Waals surface area contributed by atoms with Gasteiger partial charge in [0, 0.05) is 0 Å². The zero-order valence-corrected chi connectivity index (χ0v) is 12.0. The van der Waals surface area contributed by atoms with Gasteiger partial charge < -0.3 is 5.32 Å². The van der Waals surface area contributed by atoms with E-state index in [0.717, 1.165) is 0 Å². The summed E-state index contributed by atoms with van der Waals surface area (Å²) in [7, 11) is 0. The first kappa shape index (κ1) is 13.4. The van der Waals surface area contributed by atoms with Crippen LogP contribution < -0.4 is 15.6 Å². The molecule has 2 amide bonds. The van der Waals surface area contributed by atoms with Crippen LogP contribution in [0.2, 0.25) is 0 Å². The number of benzene rings is 1. The van der Waals surface area contributed by atoms with E-state index in [2.05, 4.69) is 15.7 Å². The van der Waals surface area contributed by atoms with Crippen molar-refractivity contribution in [2.45, 2.75) is 6.92 Å². The van der Waals surface area contributed by atoms with E-state index in [4.69, 9.17) is 12.2 Å². The van der Waals surface area contributed by atoms with Gasteiger partial charge in [-0.2, -0.15) is 10.1 Å². The summed E-state index contributed by atoms with van der Waals surface area (Å²) >= 11 is 4.86. The fourth-order valence-corrected chi connectivity index (χ4v) is 2.39. The van der Waals surface area contributed by atoms with Crippen molar-refractivity contribution in [3.05, 3.63) is 42.1 Å². The Hall–Kier alpha value is -2.54. The van der Waals surface area contributed by atoms with Crippen LogP contribution >= 0.6 is 12.2 Å². The van der Waals surface area contributed by atoms with Crippen molar-refractivity contribution >= 4 is 40.5 Å². The molecular weight excluding hydrogens is 288 g/mol. The highest BCUT2D eigenvalue weighted by atomic mass is 32.1. The minimum atomic E-state index is -0.570. The number of hydrogen-bond acceptors (Lipinski definition) is 4. The highest BCUT2D eigenvalue weighted by Crippen LogP contribution is 2.25. The van der Waals surface area contributed by atoms with Gasteiger partial charge in [0.15, 0.2) is 5.11 Å². The van der Waals surface area contributed by atoms with Crippen LogP contribution in [0.15, 0.2) is 47.2 Å². The molecule has 0 saturated carbocycles. The molecule has 0 aliphatic carbocycles. The van der Waals surface area contributed by atoms with Crippen molar-refractivity contribution < 1.29 is 9.59 Å². The van der Waals surface area contributed by atoms with E-state index in [1.807, 2.05) is 18.2 Å². The third kappa shape index (κ3) is 2.43. The Morgan fingerprint density at radius 1 is 1.24 bits per heavy atom. The molecule has 106 valence electrons. The average molecular weight is 300 g/mol. The molecule has 2 N–H and O–H groups in total. The van der Waals surface area contributed by atoms with Gasteiger partial charge in [0.1, 0.15) is 11.6 Å². The van der Waals surface area contributed by atoms with Gasteiger partial charge in [-0.1, -0.05) is 18.2 Å². The fourth-order valence-electron chi connectivity index (χ4n) is 2.19. The van der Waals surface area contributed by atoms with Crippen LogP contribution in [0.4, 0.5) is 5.69 Å². The summed E-state index contributed by atoms with van der Waals surface area (Å²) < 4.78 is 0. The number of hydrogen-bond donors (Lipinski definition) is 2. The van der Waals surface area contributed by atoms with Gasteiger partial charge in [-0.25, -0.2) is 0 Å². The Labute approximate surface area is 126 Å². The lowest BCUT2D eigenvalue weighted by Crippen LogP contribution is -2.27. The van der Waals surface area contributed by atoms with E-state index < -0.39 is 5.92 Å². The molecule has 2 heterocycles. The summed E-state index contributed by atoms with van der Waals surface area (Å²) in [6, 6.07) is 9.15. The summed E-state index contributed by atoms with van der Waals surface area (Å²) in [5, 5.41) is 11.1. The molecule has 2 aliphatic rings. The van der Waals surface area contributed by atoms with Gasteiger partial charge in [0.05, 0.1) is 11.4 Å². The maximum Gasteiger partial charge on any atom is 0.273 e. The SMILES string of the molecule is CC1=NN(c2ccccc2)C(=O)C1/C=C1/NC(=S)NC1=O. The summed E-state index contributed by atoms with van der Waals surface area (Å²) in [6.07, 6.45) is 1.55. The first-order valence-corrected chi connectivity index (χ1v) is 6.75. The minimum absolute atomic E-state index is 0.196. The van der Waals surface area contributed by atoms with Crippen molar-refractivity contribution in [3.63, 3.8) is 0 Å². The number of para-hydroxylation sites is 1. The summed E-state index contributed by atoms with van der Waals surface area (Å²) in [4.78, 5) is 24.1. The number of nitrogens with zero attached hydrogens (tertiary/aromatic N) is 2. The number of anilines is 1. The molecule has 6 nitrogen and oxygen atoms in total. The number of hydrazone groups is 1. The monoisotopic (exact) mass is 300 g/mol. The van der Waals surface area contributed by atoms with Crippen LogP contribution in [0, 0.1) is 5.92 Å². The maximum absolute atomic E-state index is 12.5. The largest absolute Gasteiger partial charge is 0.328 e. The molecule has 0 radical (unpaired) electrons. The number of rotatable bonds is 2. The van der Waals surface area contributed by atoms with Crippen molar-refractivity contribution in [2.75, 3.05) is 5.01 Å². The summed E-state index contributed by atoms with van der Waals surface area (Å²) in [5.41, 5.74) is 1.61. The number of nitrogens with one attached hydrogen (secondary N) is 2. The van der Waals surface area contributed by atoms with Crippen LogP contribution in [0.1, 0.15) is 6.92 Å². The predicted molar refractivity (Wildman–Crippen MR) is 82.5 cm³/mol. The second-order valence-electron chi connectivity index (χ2n) is 4.69. The summed E-state index contributed by atoms with van der Waals surface area (Å²) in [6.45, 7) is 1.76. The van der Waals surface area contributed by atoms with Gasteiger partial charge in [0.25, 0.3) is 11.8 Å². The van der Waals surface area contributed by atoms with E-state index in [0.29, 0.717) is 11.4 Å². The molecule has 3 rings (SSSR count). The van der Waals surface area contributed by atoms with E-state index in [-0.39, 0.29) is 22.6 Å². The molecule has 21 heavy (non-hydrogen) atoms. The molecule has 0 bridgehead atoms. The van der Waals surface area contributed by atoms with Crippen LogP contribution in [-0.4, -0.2) is 22.6 Å². The van der Waals surface area contributed by atoms with E-state index in [1.54, 1.807) is 25.1 Å². The van der Waals surface area contributed by atoms with Crippen LogP contribution in [0.3, 0.4) is 0 Å². The van der Waals surface area contributed by atoms with Gasteiger partial charge in [-0.05, 0) is 37.4 Å². The Bertz CT molecular complexity index is 696. The third-order valence-corrected chi connectivity index (χ3v) is 3.44. The smallest absolute Gasteiger partial charge is 0.273 e. The lowest BCUT2D eigenvalue weighted by molar-refractivity contribution is -0.118. The van der Waals surface area contributed by atoms with Gasteiger partial charge in [-0.3, -0.25) is 14.9 Å². The van der Waals surface area contributed by atoms with Crippen LogP contribution in [0.5, 0.6) is 0 Å². The standard InChI is InChI=1S/C14H12N4O2S/c1-8-10(7-11-12(19)16-14(21)15-11)13(20)18(17-8)9-5-3-2-4-6-9/h2-7,10H,1H3,(H2,15,16,19,21)/b11-7+. The highest BCUT2D eigenvalue weighted by molar-refractivity contribution is 7.80. The van der Waals surface area contributed by atoms with Crippen molar-refractivity contribution in [1.29, 1.82) is 0 Å². The van der Waals surface area contributed by atoms with Crippen molar-refractivity contribution in [1.82, 2.24) is 10.6 Å². The molecule has 2 aliphatic heterocycles. The number of carbonyl (C=O) groups excluding carboxylic acids is 2. The van der Waals surface area contributed by atoms with Crippen LogP contribution in [0.25, 0.3) is 0 Å². The highest BCUT2D eigenvalue weighted by Gasteiger charge is 2.34. The molecule has 1 unspecified atom stereocenters. The first-order valence-electron chi connectivity index (χ1n) is 6.34. The van der Waals surface area contributed by atoms with Gasteiger partial charge >= 0.3 is 0 Å². The lowest BCUT2D eigenvalue weighted by atomic mass is 10.0. The van der Waals surface area contributed by atoms with E-state index >= 15 is 0 Å². The molecule has 1 aromatic rings. The minimum Gasteiger partial charge on any atom is -0.328 e. The zero-order valence-electron chi connectivity index (χ0n) is 11.2. The molecule has 1 fully saturated rings. The summed E-state index contributed by atoms with van der Waals surface area (Å²) in [5.74, 6) is -1.10. The Balaban J connectivity index is 1.88. The molecular formula is C14H12N4O2S.